The van der Waals surface area contributed by atoms with Gasteiger partial charge in [-0.15, -0.1) is 0 Å². The fourth-order valence-electron chi connectivity index (χ4n) is 1.75. The molecule has 0 aliphatic heterocycles. The van der Waals surface area contributed by atoms with E-state index >= 15 is 0 Å². The summed E-state index contributed by atoms with van der Waals surface area (Å²) in [5.74, 6) is -0.641. The Morgan fingerprint density at radius 1 is 1.53 bits per heavy atom. The van der Waals surface area contributed by atoms with Gasteiger partial charge in [-0.25, -0.2) is 4.39 Å². The highest BCUT2D eigenvalue weighted by Gasteiger charge is 2.50. The van der Waals surface area contributed by atoms with Crippen LogP contribution in [0.3, 0.4) is 0 Å². The van der Waals surface area contributed by atoms with E-state index in [-0.39, 0.29) is 11.7 Å². The second-order valence-electron chi connectivity index (χ2n) is 4.41. The minimum atomic E-state index is -0.862. The van der Waals surface area contributed by atoms with Crippen molar-refractivity contribution in [2.45, 2.75) is 25.8 Å². The second-order valence-corrected chi connectivity index (χ2v) is 4.41. The quantitative estimate of drug-likeness (QED) is 0.869. The molecule has 4 heteroatoms. The summed E-state index contributed by atoms with van der Waals surface area (Å²) >= 11 is 0. The maximum Gasteiger partial charge on any atom is 0.240 e. The van der Waals surface area contributed by atoms with E-state index in [1.807, 2.05) is 6.07 Å². The molecule has 1 unspecified atom stereocenters. The van der Waals surface area contributed by atoms with Crippen molar-refractivity contribution in [3.05, 3.63) is 35.6 Å². The molecule has 1 fully saturated rings. The van der Waals surface area contributed by atoms with Crippen molar-refractivity contribution in [3.8, 4) is 6.07 Å². The molecule has 1 atom stereocenters. The molecule has 1 aromatic rings. The Morgan fingerprint density at radius 3 is 2.71 bits per heavy atom. The number of amides is 1. The van der Waals surface area contributed by atoms with Crippen LogP contribution in [0.5, 0.6) is 0 Å². The first-order valence-corrected chi connectivity index (χ1v) is 5.56. The van der Waals surface area contributed by atoms with E-state index in [9.17, 15) is 9.18 Å². The Balaban J connectivity index is 2.08. The number of rotatable bonds is 3. The summed E-state index contributed by atoms with van der Waals surface area (Å²) in [4.78, 5) is 11.8. The van der Waals surface area contributed by atoms with Gasteiger partial charge in [0.15, 0.2) is 0 Å². The largest absolute Gasteiger partial charge is 0.348 e. The first-order chi connectivity index (χ1) is 8.09. The van der Waals surface area contributed by atoms with E-state index in [2.05, 4.69) is 5.32 Å². The molecule has 0 heterocycles. The lowest BCUT2D eigenvalue weighted by atomic mass is 10.0. The van der Waals surface area contributed by atoms with Gasteiger partial charge in [-0.2, -0.15) is 5.26 Å². The third-order valence-electron chi connectivity index (χ3n) is 3.12. The zero-order valence-corrected chi connectivity index (χ0v) is 9.53. The van der Waals surface area contributed by atoms with Gasteiger partial charge in [0.25, 0.3) is 0 Å². The Bertz CT molecular complexity index is 488. The van der Waals surface area contributed by atoms with Crippen molar-refractivity contribution in [1.82, 2.24) is 5.32 Å². The van der Waals surface area contributed by atoms with Crippen LogP contribution in [-0.2, 0) is 4.79 Å². The lowest BCUT2D eigenvalue weighted by Gasteiger charge is -2.16. The van der Waals surface area contributed by atoms with E-state index in [1.165, 1.54) is 6.07 Å². The van der Waals surface area contributed by atoms with Crippen molar-refractivity contribution >= 4 is 5.91 Å². The van der Waals surface area contributed by atoms with Gasteiger partial charge in [-0.05, 0) is 25.8 Å². The van der Waals surface area contributed by atoms with Gasteiger partial charge >= 0.3 is 0 Å². The minimum Gasteiger partial charge on any atom is -0.348 e. The molecule has 1 amide bonds. The number of benzene rings is 1. The smallest absolute Gasteiger partial charge is 0.240 e. The highest BCUT2D eigenvalue weighted by Crippen LogP contribution is 2.45. The van der Waals surface area contributed by atoms with Gasteiger partial charge < -0.3 is 5.32 Å². The summed E-state index contributed by atoms with van der Waals surface area (Å²) < 4.78 is 13.5. The normalized spacial score (nSPS) is 17.9. The summed E-state index contributed by atoms with van der Waals surface area (Å²) in [6, 6.07) is 7.91. The maximum atomic E-state index is 13.5. The molecule has 0 spiro atoms. The summed E-state index contributed by atoms with van der Waals surface area (Å²) in [5.41, 5.74) is -0.422. The fourth-order valence-corrected chi connectivity index (χ4v) is 1.75. The molecule has 1 saturated carbocycles. The predicted octanol–water partition coefficient (Wildman–Crippen LogP) is 2.31. The zero-order valence-electron chi connectivity index (χ0n) is 9.53. The summed E-state index contributed by atoms with van der Waals surface area (Å²) in [5, 5.41) is 11.6. The molecular weight excluding hydrogens is 219 g/mol. The van der Waals surface area contributed by atoms with Gasteiger partial charge in [0.2, 0.25) is 5.91 Å². The van der Waals surface area contributed by atoms with Crippen LogP contribution in [0.4, 0.5) is 4.39 Å². The van der Waals surface area contributed by atoms with Crippen molar-refractivity contribution in [1.29, 1.82) is 5.26 Å². The Morgan fingerprint density at radius 2 is 2.18 bits per heavy atom. The number of nitrogens with zero attached hydrogens (tertiary/aromatic N) is 1. The number of nitrogens with one attached hydrogen (secondary N) is 1. The standard InChI is InChI=1S/C13H13FN2O/c1-9(10-4-2-3-5-11(10)14)16-12(17)13(8-15)6-7-13/h2-5,9H,6-7H2,1H3,(H,16,17). The van der Waals surface area contributed by atoms with Gasteiger partial charge in [-0.3, -0.25) is 4.79 Å². The van der Waals surface area contributed by atoms with Gasteiger partial charge in [0.05, 0.1) is 12.1 Å². The van der Waals surface area contributed by atoms with Crippen LogP contribution in [0, 0.1) is 22.6 Å². The summed E-state index contributed by atoms with van der Waals surface area (Å²) in [7, 11) is 0. The topological polar surface area (TPSA) is 52.9 Å². The second kappa shape index (κ2) is 4.17. The number of halogens is 1. The molecule has 1 aliphatic rings. The summed E-state index contributed by atoms with van der Waals surface area (Å²) in [6.07, 6.45) is 1.19. The molecule has 0 saturated heterocycles. The van der Waals surface area contributed by atoms with Crippen LogP contribution in [0.15, 0.2) is 24.3 Å². The monoisotopic (exact) mass is 232 g/mol. The Hall–Kier alpha value is -1.89. The predicted molar refractivity (Wildman–Crippen MR) is 60.2 cm³/mol. The van der Waals surface area contributed by atoms with E-state index in [0.29, 0.717) is 18.4 Å². The van der Waals surface area contributed by atoms with Gasteiger partial charge in [-0.1, -0.05) is 18.2 Å². The SMILES string of the molecule is CC(NC(=O)C1(C#N)CC1)c1ccccc1F. The highest BCUT2D eigenvalue weighted by atomic mass is 19.1. The van der Waals surface area contributed by atoms with Crippen LogP contribution in [0.2, 0.25) is 0 Å². The van der Waals surface area contributed by atoms with Crippen molar-refractivity contribution in [2.75, 3.05) is 0 Å². The summed E-state index contributed by atoms with van der Waals surface area (Å²) in [6.45, 7) is 1.71. The Labute approximate surface area is 99.2 Å². The molecule has 1 aliphatic carbocycles. The van der Waals surface area contributed by atoms with E-state index in [1.54, 1.807) is 25.1 Å². The third kappa shape index (κ3) is 2.14. The first kappa shape index (κ1) is 11.6. The van der Waals surface area contributed by atoms with Gasteiger partial charge in [0, 0.05) is 5.56 Å². The number of hydrogen-bond donors (Lipinski definition) is 1. The minimum absolute atomic E-state index is 0.296. The van der Waals surface area contributed by atoms with E-state index in [0.717, 1.165) is 0 Å². The number of carbonyl (C=O) groups is 1. The van der Waals surface area contributed by atoms with Crippen LogP contribution < -0.4 is 5.32 Å². The van der Waals surface area contributed by atoms with Crippen LogP contribution in [0.25, 0.3) is 0 Å². The first-order valence-electron chi connectivity index (χ1n) is 5.56. The fraction of sp³-hybridized carbons (Fsp3) is 0.385. The molecule has 0 aromatic heterocycles. The maximum absolute atomic E-state index is 13.5. The Kier molecular flexibility index (Phi) is 2.84. The molecule has 88 valence electrons. The lowest BCUT2D eigenvalue weighted by Crippen LogP contribution is -2.33. The van der Waals surface area contributed by atoms with E-state index < -0.39 is 11.5 Å². The van der Waals surface area contributed by atoms with Crippen LogP contribution >= 0.6 is 0 Å². The molecule has 2 rings (SSSR count). The molecule has 1 N–H and O–H groups in total. The van der Waals surface area contributed by atoms with Crippen LogP contribution in [-0.4, -0.2) is 5.91 Å². The molecule has 1 aromatic carbocycles. The third-order valence-corrected chi connectivity index (χ3v) is 3.12. The number of carbonyl (C=O) groups excluding carboxylic acids is 1. The van der Waals surface area contributed by atoms with Crippen LogP contribution in [0.1, 0.15) is 31.4 Å². The molecule has 17 heavy (non-hydrogen) atoms. The average molecular weight is 232 g/mol. The molecule has 3 nitrogen and oxygen atoms in total. The van der Waals surface area contributed by atoms with Crippen molar-refractivity contribution in [3.63, 3.8) is 0 Å². The van der Waals surface area contributed by atoms with E-state index in [4.69, 9.17) is 5.26 Å². The highest BCUT2D eigenvalue weighted by molar-refractivity contribution is 5.88. The van der Waals surface area contributed by atoms with Gasteiger partial charge in [0.1, 0.15) is 11.2 Å². The lowest BCUT2D eigenvalue weighted by molar-refractivity contribution is -0.125. The molecule has 0 radical (unpaired) electrons. The molecule has 0 bridgehead atoms. The average Bonchev–Trinajstić information content (AvgIpc) is 3.10. The number of nitriles is 1. The molecular formula is C13H13FN2O. The van der Waals surface area contributed by atoms with Crippen molar-refractivity contribution < 1.29 is 9.18 Å². The van der Waals surface area contributed by atoms with Crippen molar-refractivity contribution in [2.24, 2.45) is 5.41 Å². The number of hydrogen-bond acceptors (Lipinski definition) is 2. The zero-order chi connectivity index (χ0) is 12.5.